The molecule has 0 aliphatic carbocycles. The van der Waals surface area contributed by atoms with Gasteiger partial charge >= 0.3 is 0 Å². The van der Waals surface area contributed by atoms with E-state index in [1.165, 1.54) is 6.07 Å². The maximum Gasteiger partial charge on any atom is 0.280 e. The van der Waals surface area contributed by atoms with Gasteiger partial charge in [-0.1, -0.05) is 0 Å². The zero-order valence-corrected chi connectivity index (χ0v) is 8.26. The molecule has 5 heteroatoms. The summed E-state index contributed by atoms with van der Waals surface area (Å²) >= 11 is 2.01. The van der Waals surface area contributed by atoms with E-state index >= 15 is 0 Å². The van der Waals surface area contributed by atoms with Crippen molar-refractivity contribution >= 4 is 22.6 Å². The van der Waals surface area contributed by atoms with E-state index in [1.807, 2.05) is 22.6 Å². The first-order valence-electron chi connectivity index (χ1n) is 3.28. The number of nitrogens with zero attached hydrogens (tertiary/aromatic N) is 1. The number of aromatic nitrogens is 1. The lowest BCUT2D eigenvalue weighted by molar-refractivity contribution is 0.146. The van der Waals surface area contributed by atoms with E-state index in [9.17, 15) is 8.78 Å². The van der Waals surface area contributed by atoms with Crippen LogP contribution in [0.2, 0.25) is 0 Å². The Balaban J connectivity index is 3.05. The van der Waals surface area contributed by atoms with Gasteiger partial charge in [0.25, 0.3) is 6.43 Å². The second-order valence-corrected chi connectivity index (χ2v) is 3.33. The number of halogens is 3. The van der Waals surface area contributed by atoms with Crippen LogP contribution in [-0.4, -0.2) is 4.98 Å². The van der Waals surface area contributed by atoms with Crippen LogP contribution >= 0.6 is 22.6 Å². The highest BCUT2D eigenvalue weighted by Crippen LogP contribution is 2.18. The first-order valence-corrected chi connectivity index (χ1v) is 4.36. The van der Waals surface area contributed by atoms with Crippen molar-refractivity contribution in [3.05, 3.63) is 27.1 Å². The van der Waals surface area contributed by atoms with Crippen molar-refractivity contribution in [2.75, 3.05) is 0 Å². The Bertz CT molecular complexity index is 278. The maximum absolute atomic E-state index is 12.1. The average Bonchev–Trinajstić information content (AvgIpc) is 2.05. The van der Waals surface area contributed by atoms with Crippen molar-refractivity contribution in [1.29, 1.82) is 0 Å². The van der Waals surface area contributed by atoms with Crippen LogP contribution in [0.15, 0.2) is 12.1 Å². The van der Waals surface area contributed by atoms with E-state index in [-0.39, 0.29) is 12.2 Å². The van der Waals surface area contributed by atoms with Gasteiger partial charge < -0.3 is 5.73 Å². The Labute approximate surface area is 82.3 Å². The van der Waals surface area contributed by atoms with E-state index in [4.69, 9.17) is 5.73 Å². The monoisotopic (exact) mass is 284 g/mol. The summed E-state index contributed by atoms with van der Waals surface area (Å²) in [6.07, 6.45) is -2.52. The second-order valence-electron chi connectivity index (χ2n) is 2.17. The number of rotatable bonds is 2. The Morgan fingerprint density at radius 3 is 2.67 bits per heavy atom. The second kappa shape index (κ2) is 4.08. The Kier molecular flexibility index (Phi) is 3.33. The van der Waals surface area contributed by atoms with Crippen molar-refractivity contribution < 1.29 is 8.78 Å². The molecule has 0 aliphatic rings. The zero-order chi connectivity index (χ0) is 9.14. The summed E-state index contributed by atoms with van der Waals surface area (Å²) in [6.45, 7) is 0.193. The minimum absolute atomic E-state index is 0.193. The highest BCUT2D eigenvalue weighted by molar-refractivity contribution is 14.1. The molecule has 0 bridgehead atoms. The molecule has 0 atom stereocenters. The van der Waals surface area contributed by atoms with Crippen molar-refractivity contribution in [3.8, 4) is 0 Å². The number of hydrogen-bond donors (Lipinski definition) is 1. The first-order chi connectivity index (χ1) is 5.65. The quantitative estimate of drug-likeness (QED) is 0.844. The van der Waals surface area contributed by atoms with Crippen molar-refractivity contribution in [2.24, 2.45) is 5.73 Å². The predicted octanol–water partition coefficient (Wildman–Crippen LogP) is 2.08. The standard InChI is InChI=1S/C7H7F2IN2/c8-7(9)5-2-1-4(10)6(3-11)12-5/h1-2,7H,3,11H2. The van der Waals surface area contributed by atoms with Gasteiger partial charge in [-0.25, -0.2) is 13.8 Å². The van der Waals surface area contributed by atoms with E-state index in [0.29, 0.717) is 5.69 Å². The molecule has 0 saturated heterocycles. The SMILES string of the molecule is NCc1nc(C(F)F)ccc1I. The molecule has 0 unspecified atom stereocenters. The lowest BCUT2D eigenvalue weighted by Gasteiger charge is -2.03. The summed E-state index contributed by atoms with van der Waals surface area (Å²) in [4.78, 5) is 3.71. The van der Waals surface area contributed by atoms with Crippen LogP contribution in [0.1, 0.15) is 17.8 Å². The van der Waals surface area contributed by atoms with Crippen LogP contribution in [0.5, 0.6) is 0 Å². The molecule has 0 radical (unpaired) electrons. The maximum atomic E-state index is 12.1. The lowest BCUT2D eigenvalue weighted by Crippen LogP contribution is -2.04. The minimum Gasteiger partial charge on any atom is -0.325 e. The molecular weight excluding hydrogens is 277 g/mol. The van der Waals surface area contributed by atoms with Crippen LogP contribution in [0.25, 0.3) is 0 Å². The minimum atomic E-state index is -2.52. The van der Waals surface area contributed by atoms with Crippen LogP contribution in [0, 0.1) is 3.57 Å². The summed E-state index contributed by atoms with van der Waals surface area (Å²) in [5.41, 5.74) is 5.62. The third-order valence-corrected chi connectivity index (χ3v) is 2.34. The lowest BCUT2D eigenvalue weighted by atomic mass is 10.3. The molecule has 0 saturated carbocycles. The number of alkyl halides is 2. The van der Waals surface area contributed by atoms with Gasteiger partial charge in [0.1, 0.15) is 5.69 Å². The molecule has 1 rings (SSSR count). The average molecular weight is 284 g/mol. The molecular formula is C7H7F2IN2. The van der Waals surface area contributed by atoms with Crippen molar-refractivity contribution in [1.82, 2.24) is 4.98 Å². The molecule has 1 aromatic rings. The summed E-state index contributed by atoms with van der Waals surface area (Å²) in [5, 5.41) is 0. The number of nitrogens with two attached hydrogens (primary N) is 1. The Hall–Kier alpha value is -0.300. The fourth-order valence-electron chi connectivity index (χ4n) is 0.766. The summed E-state index contributed by atoms with van der Waals surface area (Å²) in [7, 11) is 0. The third kappa shape index (κ3) is 2.10. The van der Waals surface area contributed by atoms with Crippen LogP contribution in [0.3, 0.4) is 0 Å². The molecule has 2 nitrogen and oxygen atoms in total. The zero-order valence-electron chi connectivity index (χ0n) is 6.10. The van der Waals surface area contributed by atoms with Gasteiger partial charge in [0.15, 0.2) is 0 Å². The van der Waals surface area contributed by atoms with Gasteiger partial charge in [-0.3, -0.25) is 0 Å². The van der Waals surface area contributed by atoms with Crippen molar-refractivity contribution in [2.45, 2.75) is 13.0 Å². The molecule has 0 spiro atoms. The summed E-state index contributed by atoms with van der Waals surface area (Å²) in [5.74, 6) is 0. The van der Waals surface area contributed by atoms with Gasteiger partial charge in [-0.05, 0) is 34.7 Å². The number of hydrogen-bond acceptors (Lipinski definition) is 2. The van der Waals surface area contributed by atoms with Crippen LogP contribution in [-0.2, 0) is 6.54 Å². The van der Waals surface area contributed by atoms with Gasteiger partial charge in [-0.15, -0.1) is 0 Å². The smallest absolute Gasteiger partial charge is 0.280 e. The van der Waals surface area contributed by atoms with E-state index < -0.39 is 6.43 Å². The van der Waals surface area contributed by atoms with Gasteiger partial charge in [-0.2, -0.15) is 0 Å². The largest absolute Gasteiger partial charge is 0.325 e. The highest BCUT2D eigenvalue weighted by atomic mass is 127. The van der Waals surface area contributed by atoms with Gasteiger partial charge in [0.05, 0.1) is 5.69 Å². The molecule has 12 heavy (non-hydrogen) atoms. The number of pyridine rings is 1. The topological polar surface area (TPSA) is 38.9 Å². The molecule has 0 fully saturated rings. The molecule has 0 aromatic carbocycles. The molecule has 0 amide bonds. The highest BCUT2D eigenvalue weighted by Gasteiger charge is 2.10. The van der Waals surface area contributed by atoms with Gasteiger partial charge in [0.2, 0.25) is 0 Å². The molecule has 2 N–H and O–H groups in total. The molecule has 0 aliphatic heterocycles. The Morgan fingerprint density at radius 1 is 1.50 bits per heavy atom. The summed E-state index contributed by atoms with van der Waals surface area (Å²) in [6, 6.07) is 2.91. The Morgan fingerprint density at radius 2 is 2.17 bits per heavy atom. The van der Waals surface area contributed by atoms with Crippen LogP contribution in [0.4, 0.5) is 8.78 Å². The fourth-order valence-corrected chi connectivity index (χ4v) is 1.29. The summed E-state index contributed by atoms with van der Waals surface area (Å²) < 4.78 is 25.0. The predicted molar refractivity (Wildman–Crippen MR) is 49.8 cm³/mol. The molecule has 1 heterocycles. The van der Waals surface area contributed by atoms with Crippen molar-refractivity contribution in [3.63, 3.8) is 0 Å². The normalized spacial score (nSPS) is 10.8. The molecule has 66 valence electrons. The van der Waals surface area contributed by atoms with E-state index in [2.05, 4.69) is 4.98 Å². The fraction of sp³-hybridized carbons (Fsp3) is 0.286. The van der Waals surface area contributed by atoms with E-state index in [1.54, 1.807) is 6.07 Å². The molecule has 1 aromatic heterocycles. The van der Waals surface area contributed by atoms with E-state index in [0.717, 1.165) is 3.57 Å². The third-order valence-electron chi connectivity index (χ3n) is 1.36. The van der Waals surface area contributed by atoms with Gasteiger partial charge in [0, 0.05) is 10.1 Å². The van der Waals surface area contributed by atoms with Crippen LogP contribution < -0.4 is 5.73 Å². The first kappa shape index (κ1) is 9.79.